The van der Waals surface area contributed by atoms with Crippen LogP contribution in [0.1, 0.15) is 29.1 Å². The van der Waals surface area contributed by atoms with Crippen molar-refractivity contribution in [2.75, 3.05) is 13.1 Å². The van der Waals surface area contributed by atoms with E-state index >= 15 is 0 Å². The number of aromatic nitrogens is 1. The molecule has 0 saturated carbocycles. The van der Waals surface area contributed by atoms with Gasteiger partial charge in [0.05, 0.1) is 17.7 Å². The van der Waals surface area contributed by atoms with E-state index < -0.39 is 0 Å². The number of carbonyl (C=O) groups is 2. The fourth-order valence-electron chi connectivity index (χ4n) is 3.15. The molecular weight excluding hydrogens is 462 g/mol. The molecule has 0 aliphatic carbocycles. The van der Waals surface area contributed by atoms with Gasteiger partial charge in [0.25, 0.3) is 5.91 Å². The molecule has 0 atom stereocenters. The van der Waals surface area contributed by atoms with E-state index in [0.717, 1.165) is 20.1 Å². The highest BCUT2D eigenvalue weighted by atomic mass is 79.9. The molecule has 4 rings (SSSR count). The number of furan rings is 1. The molecule has 1 fully saturated rings. The third kappa shape index (κ3) is 4.37. The SMILES string of the molecule is O=C(NCc1ccco1)C1CCN(C(=O)c2csc(-c3cc(Br)cs3)n2)CC1. The van der Waals surface area contributed by atoms with Crippen molar-refractivity contribution < 1.29 is 14.0 Å². The molecular formula is C19H18BrN3O3S2. The number of hydrogen-bond acceptors (Lipinski definition) is 6. The highest BCUT2D eigenvalue weighted by molar-refractivity contribution is 9.10. The summed E-state index contributed by atoms with van der Waals surface area (Å²) in [6, 6.07) is 5.63. The van der Waals surface area contributed by atoms with Crippen molar-refractivity contribution >= 4 is 50.4 Å². The van der Waals surface area contributed by atoms with Crippen LogP contribution in [0.5, 0.6) is 0 Å². The summed E-state index contributed by atoms with van der Waals surface area (Å²) in [7, 11) is 0. The van der Waals surface area contributed by atoms with Gasteiger partial charge in [-0.15, -0.1) is 22.7 Å². The van der Waals surface area contributed by atoms with E-state index in [-0.39, 0.29) is 17.7 Å². The molecule has 0 bridgehead atoms. The molecule has 9 heteroatoms. The molecule has 0 aromatic carbocycles. The van der Waals surface area contributed by atoms with Crippen LogP contribution in [0.25, 0.3) is 9.88 Å². The van der Waals surface area contributed by atoms with Gasteiger partial charge in [0.15, 0.2) is 0 Å². The number of carbonyl (C=O) groups excluding carboxylic acids is 2. The first-order valence-electron chi connectivity index (χ1n) is 8.89. The minimum absolute atomic E-state index is 0.0164. The molecule has 3 aromatic rings. The maximum atomic E-state index is 12.8. The fourth-order valence-corrected chi connectivity index (χ4v) is 5.45. The quantitative estimate of drug-likeness (QED) is 0.588. The van der Waals surface area contributed by atoms with Crippen molar-refractivity contribution in [3.05, 3.63) is 51.1 Å². The average Bonchev–Trinajstić information content (AvgIpc) is 3.47. The number of hydrogen-bond donors (Lipinski definition) is 1. The van der Waals surface area contributed by atoms with Gasteiger partial charge >= 0.3 is 0 Å². The number of thiazole rings is 1. The van der Waals surface area contributed by atoms with Gasteiger partial charge in [-0.2, -0.15) is 0 Å². The van der Waals surface area contributed by atoms with Crippen LogP contribution in [-0.2, 0) is 11.3 Å². The van der Waals surface area contributed by atoms with E-state index in [4.69, 9.17) is 4.42 Å². The molecule has 0 unspecified atom stereocenters. The van der Waals surface area contributed by atoms with Gasteiger partial charge < -0.3 is 14.6 Å². The Morgan fingerprint density at radius 3 is 2.79 bits per heavy atom. The topological polar surface area (TPSA) is 75.4 Å². The molecule has 4 heterocycles. The van der Waals surface area contributed by atoms with Crippen LogP contribution >= 0.6 is 38.6 Å². The summed E-state index contributed by atoms with van der Waals surface area (Å²) in [4.78, 5) is 32.4. The molecule has 1 aliphatic rings. The van der Waals surface area contributed by atoms with Gasteiger partial charge in [-0.1, -0.05) is 0 Å². The van der Waals surface area contributed by atoms with Crippen LogP contribution in [0.3, 0.4) is 0 Å². The number of amides is 2. The van der Waals surface area contributed by atoms with Crippen LogP contribution in [0, 0.1) is 5.92 Å². The zero-order valence-corrected chi connectivity index (χ0v) is 18.1. The highest BCUT2D eigenvalue weighted by Crippen LogP contribution is 2.32. The van der Waals surface area contributed by atoms with Gasteiger partial charge in [-0.25, -0.2) is 4.98 Å². The Hall–Kier alpha value is -1.97. The summed E-state index contributed by atoms with van der Waals surface area (Å²) in [6.45, 7) is 1.52. The summed E-state index contributed by atoms with van der Waals surface area (Å²) < 4.78 is 6.25. The minimum atomic E-state index is -0.0755. The summed E-state index contributed by atoms with van der Waals surface area (Å²) in [5.41, 5.74) is 0.477. The number of rotatable bonds is 5. The fraction of sp³-hybridized carbons (Fsp3) is 0.316. The van der Waals surface area contributed by atoms with Crippen LogP contribution in [-0.4, -0.2) is 34.8 Å². The Balaban J connectivity index is 1.30. The minimum Gasteiger partial charge on any atom is -0.467 e. The van der Waals surface area contributed by atoms with Gasteiger partial charge in [0.1, 0.15) is 16.5 Å². The number of thiophene rings is 1. The lowest BCUT2D eigenvalue weighted by Crippen LogP contribution is -2.43. The van der Waals surface area contributed by atoms with E-state index in [9.17, 15) is 9.59 Å². The second kappa shape index (κ2) is 8.59. The van der Waals surface area contributed by atoms with Crippen LogP contribution in [0.2, 0.25) is 0 Å². The summed E-state index contributed by atoms with van der Waals surface area (Å²) in [5.74, 6) is 0.613. The molecule has 28 heavy (non-hydrogen) atoms. The Bertz CT molecular complexity index is 959. The molecule has 3 aromatic heterocycles. The Morgan fingerprint density at radius 2 is 2.11 bits per heavy atom. The standard InChI is InChI=1S/C19H18BrN3O3S2/c20-13-8-16(27-10-13)18-22-15(11-28-18)19(25)23-5-3-12(4-6-23)17(24)21-9-14-2-1-7-26-14/h1-2,7-8,10-12H,3-6,9H2,(H,21,24). The normalized spacial score (nSPS) is 15.0. The molecule has 0 radical (unpaired) electrons. The predicted octanol–water partition coefficient (Wildman–Crippen LogP) is 4.40. The van der Waals surface area contributed by atoms with Crippen LogP contribution < -0.4 is 5.32 Å². The molecule has 2 amide bonds. The van der Waals surface area contributed by atoms with Crippen molar-refractivity contribution in [3.63, 3.8) is 0 Å². The smallest absolute Gasteiger partial charge is 0.273 e. The average molecular weight is 480 g/mol. The van der Waals surface area contributed by atoms with Gasteiger partial charge in [-0.05, 0) is 47.0 Å². The molecule has 1 aliphatic heterocycles. The summed E-state index contributed by atoms with van der Waals surface area (Å²) in [6.07, 6.45) is 2.90. The molecule has 1 N–H and O–H groups in total. The van der Waals surface area contributed by atoms with Crippen LogP contribution in [0.4, 0.5) is 0 Å². The van der Waals surface area contributed by atoms with E-state index in [1.165, 1.54) is 11.3 Å². The monoisotopic (exact) mass is 479 g/mol. The molecule has 146 valence electrons. The largest absolute Gasteiger partial charge is 0.467 e. The molecule has 0 spiro atoms. The highest BCUT2D eigenvalue weighted by Gasteiger charge is 2.28. The lowest BCUT2D eigenvalue weighted by atomic mass is 9.95. The van der Waals surface area contributed by atoms with E-state index in [1.807, 2.05) is 22.9 Å². The van der Waals surface area contributed by atoms with E-state index in [1.54, 1.807) is 28.6 Å². The first kappa shape index (κ1) is 19.4. The van der Waals surface area contributed by atoms with Gasteiger partial charge in [0.2, 0.25) is 5.91 Å². The maximum Gasteiger partial charge on any atom is 0.273 e. The molecule has 1 saturated heterocycles. The number of halogens is 1. The molecule has 6 nitrogen and oxygen atoms in total. The first-order chi connectivity index (χ1) is 13.6. The summed E-state index contributed by atoms with van der Waals surface area (Å²) >= 11 is 6.51. The number of piperidine rings is 1. The van der Waals surface area contributed by atoms with E-state index in [0.29, 0.717) is 38.2 Å². The number of nitrogens with zero attached hydrogens (tertiary/aromatic N) is 2. The zero-order valence-electron chi connectivity index (χ0n) is 14.9. The van der Waals surface area contributed by atoms with E-state index in [2.05, 4.69) is 26.2 Å². The van der Waals surface area contributed by atoms with Crippen molar-refractivity contribution in [2.24, 2.45) is 5.92 Å². The van der Waals surface area contributed by atoms with Gasteiger partial charge in [0, 0.05) is 34.2 Å². The van der Waals surface area contributed by atoms with Crippen molar-refractivity contribution in [2.45, 2.75) is 19.4 Å². The van der Waals surface area contributed by atoms with Crippen molar-refractivity contribution in [3.8, 4) is 9.88 Å². The van der Waals surface area contributed by atoms with Crippen LogP contribution in [0.15, 0.2) is 44.1 Å². The summed E-state index contributed by atoms with van der Waals surface area (Å²) in [5, 5.41) is 7.57. The maximum absolute atomic E-state index is 12.8. The predicted molar refractivity (Wildman–Crippen MR) is 112 cm³/mol. The second-order valence-electron chi connectivity index (χ2n) is 6.53. The lowest BCUT2D eigenvalue weighted by Gasteiger charge is -2.30. The van der Waals surface area contributed by atoms with Crippen molar-refractivity contribution in [1.29, 1.82) is 0 Å². The zero-order chi connectivity index (χ0) is 19.5. The third-order valence-electron chi connectivity index (χ3n) is 4.67. The Morgan fingerprint density at radius 1 is 1.29 bits per heavy atom. The first-order valence-corrected chi connectivity index (χ1v) is 11.4. The Kier molecular flexibility index (Phi) is 5.93. The number of likely N-dealkylation sites (tertiary alicyclic amines) is 1. The third-order valence-corrected chi connectivity index (χ3v) is 7.37. The van der Waals surface area contributed by atoms with Crippen molar-refractivity contribution in [1.82, 2.24) is 15.2 Å². The Labute approximate surface area is 178 Å². The lowest BCUT2D eigenvalue weighted by molar-refractivity contribution is -0.126. The van der Waals surface area contributed by atoms with Gasteiger partial charge in [-0.3, -0.25) is 9.59 Å². The number of nitrogens with one attached hydrogen (secondary N) is 1. The second-order valence-corrected chi connectivity index (χ2v) is 9.22.